The minimum Gasteiger partial charge on any atom is -0.394 e. The van der Waals surface area contributed by atoms with Gasteiger partial charge in [0, 0.05) is 22.5 Å². The number of aliphatic hydroxyl groups is 1. The molecule has 3 N–H and O–H groups in total. The van der Waals surface area contributed by atoms with Crippen molar-refractivity contribution in [2.45, 2.75) is 31.7 Å². The maximum absolute atomic E-state index is 13.2. The molecule has 122 valence electrons. The minimum atomic E-state index is -0.303. The van der Waals surface area contributed by atoms with Crippen LogP contribution < -0.4 is 10.6 Å². The van der Waals surface area contributed by atoms with Crippen molar-refractivity contribution in [3.63, 3.8) is 0 Å². The second-order valence-electron chi connectivity index (χ2n) is 5.75. The summed E-state index contributed by atoms with van der Waals surface area (Å²) in [6.45, 7) is 1.86. The number of hydrogen-bond donors (Lipinski definition) is 3. The van der Waals surface area contributed by atoms with Crippen molar-refractivity contribution < 1.29 is 9.50 Å². The SMILES string of the molecule is C[C@@H](CO)Nc1nc(Nc2ccc(F)cc2Br)cc(C2CC2)n1. The van der Waals surface area contributed by atoms with Gasteiger partial charge >= 0.3 is 0 Å². The van der Waals surface area contributed by atoms with E-state index in [0.29, 0.717) is 22.2 Å². The Bertz CT molecular complexity index is 708. The molecule has 1 aromatic carbocycles. The fourth-order valence-corrected chi connectivity index (χ4v) is 2.63. The van der Waals surface area contributed by atoms with E-state index in [1.165, 1.54) is 12.1 Å². The lowest BCUT2D eigenvalue weighted by Gasteiger charge is -2.14. The third-order valence-electron chi connectivity index (χ3n) is 3.58. The van der Waals surface area contributed by atoms with Crippen molar-refractivity contribution in [2.24, 2.45) is 0 Å². The maximum atomic E-state index is 13.2. The molecule has 3 rings (SSSR count). The van der Waals surface area contributed by atoms with Crippen molar-refractivity contribution in [1.29, 1.82) is 0 Å². The van der Waals surface area contributed by atoms with Crippen LogP contribution in [-0.2, 0) is 0 Å². The Morgan fingerprint density at radius 3 is 2.78 bits per heavy atom. The molecule has 1 atom stereocenters. The molecule has 0 amide bonds. The van der Waals surface area contributed by atoms with Gasteiger partial charge in [-0.1, -0.05) is 0 Å². The van der Waals surface area contributed by atoms with E-state index in [0.717, 1.165) is 24.2 Å². The second-order valence-corrected chi connectivity index (χ2v) is 6.61. The summed E-state index contributed by atoms with van der Waals surface area (Å²) in [5.74, 6) is 1.29. The maximum Gasteiger partial charge on any atom is 0.225 e. The van der Waals surface area contributed by atoms with Crippen LogP contribution in [-0.4, -0.2) is 27.7 Å². The molecule has 23 heavy (non-hydrogen) atoms. The first-order valence-electron chi connectivity index (χ1n) is 7.53. The van der Waals surface area contributed by atoms with Crippen molar-refractivity contribution in [3.8, 4) is 0 Å². The molecule has 1 fully saturated rings. The van der Waals surface area contributed by atoms with Gasteiger partial charge in [-0.15, -0.1) is 0 Å². The topological polar surface area (TPSA) is 70.1 Å². The van der Waals surface area contributed by atoms with Gasteiger partial charge in [0.15, 0.2) is 0 Å². The highest BCUT2D eigenvalue weighted by molar-refractivity contribution is 9.10. The average Bonchev–Trinajstić information content (AvgIpc) is 3.34. The predicted octanol–water partition coefficient (Wildman–Crippen LogP) is 3.79. The van der Waals surface area contributed by atoms with Gasteiger partial charge in [0.2, 0.25) is 5.95 Å². The van der Waals surface area contributed by atoms with Gasteiger partial charge in [-0.3, -0.25) is 0 Å². The highest BCUT2D eigenvalue weighted by Crippen LogP contribution is 2.40. The van der Waals surface area contributed by atoms with Crippen LogP contribution in [0.1, 0.15) is 31.4 Å². The number of aromatic nitrogens is 2. The molecule has 1 heterocycles. The van der Waals surface area contributed by atoms with Crippen molar-refractivity contribution in [3.05, 3.63) is 40.2 Å². The van der Waals surface area contributed by atoms with E-state index in [4.69, 9.17) is 0 Å². The van der Waals surface area contributed by atoms with Gasteiger partial charge in [-0.2, -0.15) is 4.98 Å². The van der Waals surface area contributed by atoms with Crippen LogP contribution >= 0.6 is 15.9 Å². The number of rotatable bonds is 6. The number of anilines is 3. The van der Waals surface area contributed by atoms with E-state index >= 15 is 0 Å². The molecule has 0 aliphatic heterocycles. The van der Waals surface area contributed by atoms with Crippen LogP contribution in [0.3, 0.4) is 0 Å². The minimum absolute atomic E-state index is 0.00326. The zero-order valence-electron chi connectivity index (χ0n) is 12.7. The van der Waals surface area contributed by atoms with Gasteiger partial charge in [0.1, 0.15) is 11.6 Å². The summed E-state index contributed by atoms with van der Waals surface area (Å²) in [5, 5.41) is 15.4. The largest absolute Gasteiger partial charge is 0.394 e. The molecule has 2 aromatic rings. The highest BCUT2D eigenvalue weighted by Gasteiger charge is 2.26. The highest BCUT2D eigenvalue weighted by atomic mass is 79.9. The molecule has 5 nitrogen and oxygen atoms in total. The van der Waals surface area contributed by atoms with E-state index in [9.17, 15) is 9.50 Å². The van der Waals surface area contributed by atoms with Gasteiger partial charge in [-0.05, 0) is 53.9 Å². The Kier molecular flexibility index (Phi) is 4.77. The molecule has 1 aliphatic rings. The molecule has 0 unspecified atom stereocenters. The van der Waals surface area contributed by atoms with Gasteiger partial charge < -0.3 is 15.7 Å². The van der Waals surface area contributed by atoms with Crippen LogP contribution in [0.5, 0.6) is 0 Å². The van der Waals surface area contributed by atoms with E-state index in [-0.39, 0.29) is 18.5 Å². The van der Waals surface area contributed by atoms with Crippen molar-refractivity contribution in [2.75, 3.05) is 17.2 Å². The van der Waals surface area contributed by atoms with E-state index in [2.05, 4.69) is 36.5 Å². The number of nitrogens with zero attached hydrogens (tertiary/aromatic N) is 2. The average molecular weight is 381 g/mol. The summed E-state index contributed by atoms with van der Waals surface area (Å²) in [5.41, 5.74) is 1.71. The molecule has 0 saturated heterocycles. The zero-order valence-corrected chi connectivity index (χ0v) is 14.3. The number of halogens is 2. The molecule has 7 heteroatoms. The fourth-order valence-electron chi connectivity index (χ4n) is 2.18. The molecule has 0 bridgehead atoms. The Balaban J connectivity index is 1.87. The first kappa shape index (κ1) is 16.1. The van der Waals surface area contributed by atoms with Gasteiger partial charge in [0.05, 0.1) is 18.0 Å². The van der Waals surface area contributed by atoms with Gasteiger partial charge in [0.25, 0.3) is 0 Å². The fraction of sp³-hybridized carbons (Fsp3) is 0.375. The summed E-state index contributed by atoms with van der Waals surface area (Å²) >= 11 is 3.34. The Morgan fingerprint density at radius 1 is 1.35 bits per heavy atom. The first-order valence-corrected chi connectivity index (χ1v) is 8.33. The summed E-state index contributed by atoms with van der Waals surface area (Å²) in [6, 6.07) is 6.24. The Hall–Kier alpha value is -1.73. The normalized spacial score (nSPS) is 15.3. The number of hydrogen-bond acceptors (Lipinski definition) is 5. The molecule has 0 radical (unpaired) electrons. The standard InChI is InChI=1S/C16H18BrFN4O/c1-9(8-23)19-16-21-14(10-2-3-10)7-15(22-16)20-13-5-4-11(18)6-12(13)17/h4-7,9-10,23H,2-3,8H2,1H3,(H2,19,20,21,22)/t9-/m0/s1. The lowest BCUT2D eigenvalue weighted by Crippen LogP contribution is -2.21. The van der Waals surface area contributed by atoms with Crippen LogP contribution in [0.25, 0.3) is 0 Å². The van der Waals surface area contributed by atoms with Crippen LogP contribution in [0, 0.1) is 5.82 Å². The van der Waals surface area contributed by atoms with E-state index in [1.54, 1.807) is 6.07 Å². The van der Waals surface area contributed by atoms with Crippen LogP contribution in [0.15, 0.2) is 28.7 Å². The molecule has 1 saturated carbocycles. The van der Waals surface area contributed by atoms with Crippen molar-refractivity contribution in [1.82, 2.24) is 9.97 Å². The van der Waals surface area contributed by atoms with Gasteiger partial charge in [-0.25, -0.2) is 9.37 Å². The molecule has 1 aromatic heterocycles. The Labute approximate surface area is 142 Å². The molecule has 0 spiro atoms. The lowest BCUT2D eigenvalue weighted by molar-refractivity contribution is 0.281. The monoisotopic (exact) mass is 380 g/mol. The predicted molar refractivity (Wildman–Crippen MR) is 91.6 cm³/mol. The van der Waals surface area contributed by atoms with Crippen molar-refractivity contribution >= 4 is 33.4 Å². The molecular formula is C16H18BrFN4O. The van der Waals surface area contributed by atoms with Crippen LogP contribution in [0.4, 0.5) is 21.8 Å². The quantitative estimate of drug-likeness (QED) is 0.710. The smallest absolute Gasteiger partial charge is 0.225 e. The lowest BCUT2D eigenvalue weighted by atomic mass is 10.2. The summed E-state index contributed by atoms with van der Waals surface area (Å²) in [7, 11) is 0. The molecular weight excluding hydrogens is 363 g/mol. The number of benzene rings is 1. The number of aliphatic hydroxyl groups excluding tert-OH is 1. The first-order chi connectivity index (χ1) is 11.0. The third kappa shape index (κ3) is 4.17. The summed E-state index contributed by atoms with van der Waals surface area (Å²) in [4.78, 5) is 8.95. The third-order valence-corrected chi connectivity index (χ3v) is 4.24. The Morgan fingerprint density at radius 2 is 2.13 bits per heavy atom. The molecule has 1 aliphatic carbocycles. The summed E-state index contributed by atoms with van der Waals surface area (Å²) < 4.78 is 13.8. The summed E-state index contributed by atoms with van der Waals surface area (Å²) in [6.07, 6.45) is 2.26. The van der Waals surface area contributed by atoms with E-state index < -0.39 is 0 Å². The second kappa shape index (κ2) is 6.80. The zero-order chi connectivity index (χ0) is 16.4. The number of nitrogens with one attached hydrogen (secondary N) is 2. The van der Waals surface area contributed by atoms with E-state index in [1.807, 2.05) is 13.0 Å². The van der Waals surface area contributed by atoms with Crippen LogP contribution in [0.2, 0.25) is 0 Å².